The molecule has 0 unspecified atom stereocenters. The molecule has 0 spiro atoms. The molecule has 152 valence electrons. The van der Waals surface area contributed by atoms with Crippen molar-refractivity contribution in [3.8, 4) is 17.2 Å². The quantitative estimate of drug-likeness (QED) is 0.457. The van der Waals surface area contributed by atoms with Gasteiger partial charge in [0, 0.05) is 19.6 Å². The molecule has 2 aromatic carbocycles. The number of phenolic OH excluding ortho intramolecular Hbond substituents is 1. The summed E-state index contributed by atoms with van der Waals surface area (Å²) >= 11 is 0. The number of aliphatic imine (C=N–C) groups is 1. The minimum atomic E-state index is 0.154. The average molecular weight is 386 g/mol. The number of hydrogen-bond donors (Lipinski definition) is 3. The molecule has 3 N–H and O–H groups in total. The maximum absolute atomic E-state index is 9.68. The van der Waals surface area contributed by atoms with Gasteiger partial charge in [-0.3, -0.25) is 4.99 Å². The fourth-order valence-electron chi connectivity index (χ4n) is 2.86. The monoisotopic (exact) mass is 385 g/mol. The van der Waals surface area contributed by atoms with Crippen LogP contribution in [0.25, 0.3) is 0 Å². The number of nitrogens with one attached hydrogen (secondary N) is 2. The van der Waals surface area contributed by atoms with Gasteiger partial charge in [0.2, 0.25) is 0 Å². The number of phenols is 1. The Bertz CT molecular complexity index is 791. The van der Waals surface area contributed by atoms with Gasteiger partial charge in [0.05, 0.1) is 14.2 Å². The Morgan fingerprint density at radius 1 is 0.964 bits per heavy atom. The molecule has 0 bridgehead atoms. The van der Waals surface area contributed by atoms with E-state index in [4.69, 9.17) is 9.47 Å². The first-order valence-electron chi connectivity index (χ1n) is 9.59. The van der Waals surface area contributed by atoms with Crippen molar-refractivity contribution in [3.05, 3.63) is 53.1 Å². The fraction of sp³-hybridized carbons (Fsp3) is 0.409. The lowest BCUT2D eigenvalue weighted by Gasteiger charge is -2.12. The van der Waals surface area contributed by atoms with Crippen LogP contribution in [0.1, 0.15) is 23.6 Å². The average Bonchev–Trinajstić information content (AvgIpc) is 2.70. The Labute approximate surface area is 167 Å². The van der Waals surface area contributed by atoms with Gasteiger partial charge in [0.1, 0.15) is 5.75 Å². The van der Waals surface area contributed by atoms with Crippen LogP contribution in [-0.2, 0) is 12.8 Å². The van der Waals surface area contributed by atoms with Crippen LogP contribution in [0.15, 0.2) is 41.4 Å². The summed E-state index contributed by atoms with van der Waals surface area (Å²) in [6.07, 6.45) is 1.65. The number of nitrogens with zero attached hydrogens (tertiary/aromatic N) is 1. The van der Waals surface area contributed by atoms with E-state index in [0.717, 1.165) is 48.8 Å². The normalized spacial score (nSPS) is 11.2. The van der Waals surface area contributed by atoms with Gasteiger partial charge >= 0.3 is 0 Å². The van der Waals surface area contributed by atoms with E-state index in [1.807, 2.05) is 26.0 Å². The SMILES string of the molecule is CCNC(=NCCc1ccc(C)c(OC)c1)NCCc1ccc(O)c(OC)c1. The Balaban J connectivity index is 1.88. The largest absolute Gasteiger partial charge is 0.504 e. The zero-order valence-corrected chi connectivity index (χ0v) is 17.2. The summed E-state index contributed by atoms with van der Waals surface area (Å²) in [6, 6.07) is 11.7. The first-order valence-corrected chi connectivity index (χ1v) is 9.59. The summed E-state index contributed by atoms with van der Waals surface area (Å²) in [7, 11) is 3.25. The smallest absolute Gasteiger partial charge is 0.191 e. The van der Waals surface area contributed by atoms with E-state index >= 15 is 0 Å². The summed E-state index contributed by atoms with van der Waals surface area (Å²) in [5.74, 6) is 2.36. The molecule has 0 aliphatic rings. The lowest BCUT2D eigenvalue weighted by atomic mass is 10.1. The second-order valence-corrected chi connectivity index (χ2v) is 6.50. The molecule has 0 amide bonds. The van der Waals surface area contributed by atoms with E-state index in [0.29, 0.717) is 12.3 Å². The second-order valence-electron chi connectivity index (χ2n) is 6.50. The molecule has 0 radical (unpaired) electrons. The van der Waals surface area contributed by atoms with Crippen LogP contribution >= 0.6 is 0 Å². The Hall–Kier alpha value is -2.89. The van der Waals surface area contributed by atoms with Crippen molar-refractivity contribution in [1.29, 1.82) is 0 Å². The van der Waals surface area contributed by atoms with Crippen molar-refractivity contribution in [3.63, 3.8) is 0 Å². The molecule has 0 saturated carbocycles. The van der Waals surface area contributed by atoms with Crippen LogP contribution in [0.2, 0.25) is 0 Å². The summed E-state index contributed by atoms with van der Waals surface area (Å²) in [5, 5.41) is 16.3. The van der Waals surface area contributed by atoms with Gasteiger partial charge in [-0.1, -0.05) is 18.2 Å². The summed E-state index contributed by atoms with van der Waals surface area (Å²) in [5.41, 5.74) is 3.43. The van der Waals surface area contributed by atoms with E-state index in [1.165, 1.54) is 5.56 Å². The fourth-order valence-corrected chi connectivity index (χ4v) is 2.86. The molecule has 0 fully saturated rings. The molecule has 2 aromatic rings. The Kier molecular flexibility index (Phi) is 8.46. The minimum Gasteiger partial charge on any atom is -0.504 e. The van der Waals surface area contributed by atoms with Gasteiger partial charge in [-0.2, -0.15) is 0 Å². The van der Waals surface area contributed by atoms with Crippen molar-refractivity contribution in [2.24, 2.45) is 4.99 Å². The predicted octanol–water partition coefficient (Wildman–Crippen LogP) is 3.06. The lowest BCUT2D eigenvalue weighted by molar-refractivity contribution is 0.373. The van der Waals surface area contributed by atoms with Gasteiger partial charge in [-0.05, 0) is 61.6 Å². The molecular formula is C22H31N3O3. The molecule has 0 aliphatic carbocycles. The van der Waals surface area contributed by atoms with Gasteiger partial charge in [-0.15, -0.1) is 0 Å². The highest BCUT2D eigenvalue weighted by molar-refractivity contribution is 5.79. The number of hydrogen-bond acceptors (Lipinski definition) is 4. The van der Waals surface area contributed by atoms with Crippen molar-refractivity contribution < 1.29 is 14.6 Å². The third-order valence-corrected chi connectivity index (χ3v) is 4.44. The van der Waals surface area contributed by atoms with E-state index < -0.39 is 0 Å². The minimum absolute atomic E-state index is 0.154. The third-order valence-electron chi connectivity index (χ3n) is 4.44. The topological polar surface area (TPSA) is 75.1 Å². The maximum Gasteiger partial charge on any atom is 0.191 e. The number of aromatic hydroxyl groups is 1. The van der Waals surface area contributed by atoms with Crippen LogP contribution in [0.3, 0.4) is 0 Å². The Morgan fingerprint density at radius 3 is 2.36 bits per heavy atom. The molecule has 0 aliphatic heterocycles. The third kappa shape index (κ3) is 6.37. The zero-order chi connectivity index (χ0) is 20.4. The van der Waals surface area contributed by atoms with Crippen molar-refractivity contribution in [1.82, 2.24) is 10.6 Å². The van der Waals surface area contributed by atoms with Crippen LogP contribution in [0.4, 0.5) is 0 Å². The van der Waals surface area contributed by atoms with Crippen molar-refractivity contribution >= 4 is 5.96 Å². The molecule has 0 saturated heterocycles. The summed E-state index contributed by atoms with van der Waals surface area (Å²) in [4.78, 5) is 4.65. The van der Waals surface area contributed by atoms with Crippen molar-refractivity contribution in [2.45, 2.75) is 26.7 Å². The Morgan fingerprint density at radius 2 is 1.64 bits per heavy atom. The van der Waals surface area contributed by atoms with Gasteiger partial charge in [0.15, 0.2) is 17.5 Å². The van der Waals surface area contributed by atoms with Gasteiger partial charge in [-0.25, -0.2) is 0 Å². The van der Waals surface area contributed by atoms with Crippen LogP contribution < -0.4 is 20.1 Å². The highest BCUT2D eigenvalue weighted by Gasteiger charge is 2.04. The molecule has 0 heterocycles. The molecule has 0 aromatic heterocycles. The zero-order valence-electron chi connectivity index (χ0n) is 17.2. The maximum atomic E-state index is 9.68. The highest BCUT2D eigenvalue weighted by atomic mass is 16.5. The molecule has 6 nitrogen and oxygen atoms in total. The van der Waals surface area contributed by atoms with E-state index in [-0.39, 0.29) is 5.75 Å². The number of ether oxygens (including phenoxy) is 2. The lowest BCUT2D eigenvalue weighted by Crippen LogP contribution is -2.38. The first-order chi connectivity index (χ1) is 13.6. The van der Waals surface area contributed by atoms with Gasteiger partial charge < -0.3 is 25.2 Å². The number of methoxy groups -OCH3 is 2. The van der Waals surface area contributed by atoms with E-state index in [2.05, 4.69) is 33.8 Å². The molecule has 28 heavy (non-hydrogen) atoms. The first kappa shape index (κ1) is 21.4. The van der Waals surface area contributed by atoms with Crippen molar-refractivity contribution in [2.75, 3.05) is 33.9 Å². The number of rotatable bonds is 9. The highest BCUT2D eigenvalue weighted by Crippen LogP contribution is 2.26. The number of guanidine groups is 1. The van der Waals surface area contributed by atoms with Crippen LogP contribution in [-0.4, -0.2) is 44.9 Å². The summed E-state index contributed by atoms with van der Waals surface area (Å²) < 4.78 is 10.5. The molecular weight excluding hydrogens is 354 g/mol. The molecule has 6 heteroatoms. The van der Waals surface area contributed by atoms with Crippen LogP contribution in [0, 0.1) is 6.92 Å². The van der Waals surface area contributed by atoms with E-state index in [9.17, 15) is 5.11 Å². The molecule has 2 rings (SSSR count). The number of benzene rings is 2. The second kappa shape index (κ2) is 11.1. The van der Waals surface area contributed by atoms with E-state index in [1.54, 1.807) is 20.3 Å². The van der Waals surface area contributed by atoms with Crippen LogP contribution in [0.5, 0.6) is 17.2 Å². The van der Waals surface area contributed by atoms with Gasteiger partial charge in [0.25, 0.3) is 0 Å². The predicted molar refractivity (Wildman–Crippen MR) is 114 cm³/mol. The summed E-state index contributed by atoms with van der Waals surface area (Å²) in [6.45, 7) is 6.31. The number of aryl methyl sites for hydroxylation is 1. The molecule has 0 atom stereocenters. The standard InChI is InChI=1S/C22H31N3O3/c1-5-23-22(24-12-10-17-7-6-16(2)20(14-17)27-3)25-13-11-18-8-9-19(26)21(15-18)28-4/h6-9,14-15,26H,5,10-13H2,1-4H3,(H2,23,24,25).